The Kier molecular flexibility index (Phi) is 5.71. The lowest BCUT2D eigenvalue weighted by molar-refractivity contribution is 0.0600. The Hall–Kier alpha value is -0.980. The number of aliphatic hydroxyl groups excluding tert-OH is 1. The maximum atomic E-state index is 13.8. The van der Waals surface area contributed by atoms with Crippen LogP contribution in [0.3, 0.4) is 0 Å². The van der Waals surface area contributed by atoms with E-state index in [4.69, 9.17) is 5.11 Å². The number of nitrogens with one attached hydrogen (secondary N) is 1. The van der Waals surface area contributed by atoms with Crippen molar-refractivity contribution in [1.29, 1.82) is 0 Å². The SMILES string of the molecule is COC(=O)c1cc(F)c(CN[C@@H](C)CO)c(Br)c1. The van der Waals surface area contributed by atoms with E-state index in [2.05, 4.69) is 26.0 Å². The summed E-state index contributed by atoms with van der Waals surface area (Å²) in [5.41, 5.74) is 0.559. The standard InChI is InChI=1S/C12H15BrFNO3/c1-7(6-16)15-5-9-10(13)3-8(4-11(9)14)12(17)18-2/h3-4,7,15-16H,5-6H2,1-2H3/t7-/m0/s1. The third kappa shape index (κ3) is 3.76. The predicted molar refractivity (Wildman–Crippen MR) is 68.8 cm³/mol. The molecular weight excluding hydrogens is 305 g/mol. The molecule has 0 amide bonds. The molecule has 0 spiro atoms. The maximum Gasteiger partial charge on any atom is 0.337 e. The molecule has 6 heteroatoms. The van der Waals surface area contributed by atoms with Crippen LogP contribution in [-0.2, 0) is 11.3 Å². The molecule has 0 aromatic heterocycles. The highest BCUT2D eigenvalue weighted by Crippen LogP contribution is 2.22. The van der Waals surface area contributed by atoms with Crippen LogP contribution in [0.1, 0.15) is 22.8 Å². The predicted octanol–water partition coefficient (Wildman–Crippen LogP) is 1.85. The normalized spacial score (nSPS) is 12.3. The molecule has 0 aliphatic carbocycles. The first-order chi connectivity index (χ1) is 8.49. The summed E-state index contributed by atoms with van der Waals surface area (Å²) in [6.07, 6.45) is 0. The number of esters is 1. The largest absolute Gasteiger partial charge is 0.465 e. The van der Waals surface area contributed by atoms with Crippen LogP contribution in [0.25, 0.3) is 0 Å². The number of rotatable bonds is 5. The molecule has 18 heavy (non-hydrogen) atoms. The summed E-state index contributed by atoms with van der Waals surface area (Å²) in [4.78, 5) is 11.3. The summed E-state index contributed by atoms with van der Waals surface area (Å²) in [6.45, 7) is 2.02. The number of carbonyl (C=O) groups excluding carboxylic acids is 1. The zero-order valence-corrected chi connectivity index (χ0v) is 11.8. The van der Waals surface area contributed by atoms with Gasteiger partial charge in [-0.3, -0.25) is 0 Å². The molecule has 1 aromatic carbocycles. The van der Waals surface area contributed by atoms with Gasteiger partial charge in [0, 0.05) is 22.6 Å². The Morgan fingerprint density at radius 2 is 2.28 bits per heavy atom. The second-order valence-corrected chi connectivity index (χ2v) is 4.73. The Morgan fingerprint density at radius 3 is 2.78 bits per heavy atom. The summed E-state index contributed by atoms with van der Waals surface area (Å²) >= 11 is 3.22. The molecule has 0 saturated heterocycles. The average Bonchev–Trinajstić information content (AvgIpc) is 2.36. The first-order valence-electron chi connectivity index (χ1n) is 5.40. The number of hydrogen-bond donors (Lipinski definition) is 2. The Balaban J connectivity index is 2.91. The van der Waals surface area contributed by atoms with E-state index >= 15 is 0 Å². The lowest BCUT2D eigenvalue weighted by Gasteiger charge is -2.13. The van der Waals surface area contributed by atoms with Crippen LogP contribution in [0, 0.1) is 5.82 Å². The lowest BCUT2D eigenvalue weighted by atomic mass is 10.1. The van der Waals surface area contributed by atoms with Crippen molar-refractivity contribution in [1.82, 2.24) is 5.32 Å². The lowest BCUT2D eigenvalue weighted by Crippen LogP contribution is -2.29. The summed E-state index contributed by atoms with van der Waals surface area (Å²) in [6, 6.07) is 2.52. The number of halogens is 2. The number of ether oxygens (including phenoxy) is 1. The maximum absolute atomic E-state index is 13.8. The van der Waals surface area contributed by atoms with Gasteiger partial charge in [0.1, 0.15) is 5.82 Å². The molecule has 4 nitrogen and oxygen atoms in total. The summed E-state index contributed by atoms with van der Waals surface area (Å²) < 4.78 is 18.8. The Labute approximate surface area is 113 Å². The highest BCUT2D eigenvalue weighted by Gasteiger charge is 2.14. The van der Waals surface area contributed by atoms with E-state index in [1.165, 1.54) is 13.2 Å². The zero-order chi connectivity index (χ0) is 13.7. The van der Waals surface area contributed by atoms with E-state index < -0.39 is 11.8 Å². The molecule has 0 fully saturated rings. The van der Waals surface area contributed by atoms with Crippen molar-refractivity contribution in [2.75, 3.05) is 13.7 Å². The molecule has 0 saturated carbocycles. The molecule has 0 radical (unpaired) electrons. The highest BCUT2D eigenvalue weighted by molar-refractivity contribution is 9.10. The molecule has 1 rings (SSSR count). The summed E-state index contributed by atoms with van der Waals surface area (Å²) in [5.74, 6) is -1.08. The van der Waals surface area contributed by atoms with E-state index in [-0.39, 0.29) is 24.8 Å². The second-order valence-electron chi connectivity index (χ2n) is 3.87. The van der Waals surface area contributed by atoms with E-state index in [9.17, 15) is 9.18 Å². The minimum absolute atomic E-state index is 0.0283. The van der Waals surface area contributed by atoms with Crippen LogP contribution < -0.4 is 5.32 Å². The van der Waals surface area contributed by atoms with Gasteiger partial charge in [0.15, 0.2) is 0 Å². The van der Waals surface area contributed by atoms with E-state index in [1.807, 2.05) is 0 Å². The number of methoxy groups -OCH3 is 1. The van der Waals surface area contributed by atoms with Gasteiger partial charge in [0.25, 0.3) is 0 Å². The van der Waals surface area contributed by atoms with Crippen LogP contribution in [0.15, 0.2) is 16.6 Å². The first kappa shape index (κ1) is 15.1. The highest BCUT2D eigenvalue weighted by atomic mass is 79.9. The molecule has 0 aliphatic heterocycles. The monoisotopic (exact) mass is 319 g/mol. The van der Waals surface area contributed by atoms with Crippen LogP contribution in [0.5, 0.6) is 0 Å². The Morgan fingerprint density at radius 1 is 1.61 bits per heavy atom. The minimum Gasteiger partial charge on any atom is -0.465 e. The van der Waals surface area contributed by atoms with Crippen LogP contribution >= 0.6 is 15.9 Å². The van der Waals surface area contributed by atoms with Crippen molar-refractivity contribution < 1.29 is 19.0 Å². The van der Waals surface area contributed by atoms with Gasteiger partial charge in [-0.25, -0.2) is 9.18 Å². The van der Waals surface area contributed by atoms with Crippen LogP contribution in [0.4, 0.5) is 4.39 Å². The van der Waals surface area contributed by atoms with Gasteiger partial charge in [0.2, 0.25) is 0 Å². The summed E-state index contributed by atoms with van der Waals surface area (Å²) in [5, 5.41) is 11.8. The third-order valence-corrected chi connectivity index (χ3v) is 3.17. The summed E-state index contributed by atoms with van der Waals surface area (Å²) in [7, 11) is 1.24. The second kappa shape index (κ2) is 6.82. The molecule has 0 bridgehead atoms. The van der Waals surface area contributed by atoms with E-state index in [0.29, 0.717) is 10.0 Å². The molecular formula is C12H15BrFNO3. The number of hydrogen-bond acceptors (Lipinski definition) is 4. The molecule has 100 valence electrons. The number of benzene rings is 1. The Bertz CT molecular complexity index is 416. The molecule has 0 unspecified atom stereocenters. The third-order valence-electron chi connectivity index (χ3n) is 2.46. The number of carbonyl (C=O) groups is 1. The van der Waals surface area contributed by atoms with Crippen molar-refractivity contribution in [2.24, 2.45) is 0 Å². The van der Waals surface area contributed by atoms with E-state index in [1.54, 1.807) is 6.92 Å². The van der Waals surface area contributed by atoms with Gasteiger partial charge in [0.05, 0.1) is 19.3 Å². The van der Waals surface area contributed by atoms with Crippen molar-refractivity contribution in [3.63, 3.8) is 0 Å². The molecule has 0 aliphatic rings. The van der Waals surface area contributed by atoms with Gasteiger partial charge >= 0.3 is 5.97 Å². The smallest absolute Gasteiger partial charge is 0.337 e. The fourth-order valence-corrected chi connectivity index (χ4v) is 1.92. The van der Waals surface area contributed by atoms with E-state index in [0.717, 1.165) is 6.07 Å². The van der Waals surface area contributed by atoms with Gasteiger partial charge in [-0.1, -0.05) is 15.9 Å². The molecule has 0 heterocycles. The average molecular weight is 320 g/mol. The quantitative estimate of drug-likeness (QED) is 0.813. The fourth-order valence-electron chi connectivity index (χ4n) is 1.35. The fraction of sp³-hybridized carbons (Fsp3) is 0.417. The van der Waals surface area contributed by atoms with Crippen molar-refractivity contribution in [3.8, 4) is 0 Å². The van der Waals surface area contributed by atoms with Gasteiger partial charge in [-0.15, -0.1) is 0 Å². The first-order valence-corrected chi connectivity index (χ1v) is 6.19. The minimum atomic E-state index is -0.585. The van der Waals surface area contributed by atoms with Gasteiger partial charge in [-0.05, 0) is 19.1 Å². The molecule has 2 N–H and O–H groups in total. The van der Waals surface area contributed by atoms with Crippen molar-refractivity contribution in [2.45, 2.75) is 19.5 Å². The number of aliphatic hydroxyl groups is 1. The zero-order valence-electron chi connectivity index (χ0n) is 10.2. The topological polar surface area (TPSA) is 58.6 Å². The van der Waals surface area contributed by atoms with Gasteiger partial charge < -0.3 is 15.2 Å². The van der Waals surface area contributed by atoms with Crippen LogP contribution in [0.2, 0.25) is 0 Å². The molecule has 1 aromatic rings. The van der Waals surface area contributed by atoms with Crippen LogP contribution in [-0.4, -0.2) is 30.8 Å². The van der Waals surface area contributed by atoms with Gasteiger partial charge in [-0.2, -0.15) is 0 Å². The molecule has 1 atom stereocenters. The van der Waals surface area contributed by atoms with Crippen molar-refractivity contribution >= 4 is 21.9 Å². The van der Waals surface area contributed by atoms with Crippen molar-refractivity contribution in [3.05, 3.63) is 33.5 Å².